The van der Waals surface area contributed by atoms with Crippen LogP contribution in [0, 0.1) is 0 Å². The Morgan fingerprint density at radius 1 is 1.24 bits per heavy atom. The number of esters is 1. The van der Waals surface area contributed by atoms with Gasteiger partial charge in [-0.15, -0.1) is 0 Å². The Labute approximate surface area is 124 Å². The smallest absolute Gasteiger partial charge is 0.321 e. The average molecular weight is 288 g/mol. The molecule has 0 N–H and O–H groups in total. The van der Waals surface area contributed by atoms with Gasteiger partial charge < -0.3 is 9.26 Å². The predicted molar refractivity (Wildman–Crippen MR) is 77.8 cm³/mol. The van der Waals surface area contributed by atoms with Crippen molar-refractivity contribution in [1.82, 2.24) is 10.1 Å². The molecule has 0 amide bonds. The Morgan fingerprint density at radius 3 is 2.62 bits per heavy atom. The van der Waals surface area contributed by atoms with Gasteiger partial charge in [-0.05, 0) is 32.8 Å². The second-order valence-electron chi connectivity index (χ2n) is 5.35. The van der Waals surface area contributed by atoms with Gasteiger partial charge >= 0.3 is 5.97 Å². The van der Waals surface area contributed by atoms with Crippen LogP contribution in [-0.4, -0.2) is 22.7 Å². The molecule has 1 heterocycles. The molecule has 0 saturated carbocycles. The van der Waals surface area contributed by atoms with E-state index in [0.717, 1.165) is 6.42 Å². The van der Waals surface area contributed by atoms with Crippen LogP contribution in [0.3, 0.4) is 0 Å². The van der Waals surface area contributed by atoms with Gasteiger partial charge in [0.1, 0.15) is 5.41 Å². The molecule has 0 saturated heterocycles. The molecule has 0 unspecified atom stereocenters. The van der Waals surface area contributed by atoms with Gasteiger partial charge in [0.25, 0.3) is 0 Å². The first-order valence-electron chi connectivity index (χ1n) is 7.08. The standard InChI is InChI=1S/C16H20N2O3/c1-4-20-15(19)16(2,3)14-17-13(18-21-14)11-10-12-8-6-5-7-9-12/h5-9H,4,10-11H2,1-3H3. The second-order valence-corrected chi connectivity index (χ2v) is 5.35. The van der Waals surface area contributed by atoms with Gasteiger partial charge in [0.05, 0.1) is 6.61 Å². The van der Waals surface area contributed by atoms with Crippen molar-refractivity contribution in [3.63, 3.8) is 0 Å². The van der Waals surface area contributed by atoms with E-state index in [1.165, 1.54) is 5.56 Å². The molecule has 0 spiro atoms. The molecule has 0 aliphatic heterocycles. The molecule has 0 fully saturated rings. The molecular weight excluding hydrogens is 268 g/mol. The Morgan fingerprint density at radius 2 is 1.95 bits per heavy atom. The third-order valence-corrected chi connectivity index (χ3v) is 3.27. The summed E-state index contributed by atoms with van der Waals surface area (Å²) >= 11 is 0. The molecule has 112 valence electrons. The lowest BCUT2D eigenvalue weighted by atomic mass is 9.94. The third kappa shape index (κ3) is 3.68. The maximum absolute atomic E-state index is 11.9. The Bertz CT molecular complexity index is 591. The number of hydrogen-bond acceptors (Lipinski definition) is 5. The van der Waals surface area contributed by atoms with E-state index in [1.54, 1.807) is 20.8 Å². The maximum Gasteiger partial charge on any atom is 0.321 e. The van der Waals surface area contributed by atoms with Gasteiger partial charge in [0, 0.05) is 6.42 Å². The van der Waals surface area contributed by atoms with Crippen LogP contribution < -0.4 is 0 Å². The van der Waals surface area contributed by atoms with Gasteiger partial charge in [-0.25, -0.2) is 0 Å². The summed E-state index contributed by atoms with van der Waals surface area (Å²) in [7, 11) is 0. The first-order valence-corrected chi connectivity index (χ1v) is 7.08. The molecule has 0 bridgehead atoms. The Hall–Kier alpha value is -2.17. The summed E-state index contributed by atoms with van der Waals surface area (Å²) in [6.45, 7) is 5.54. The fraction of sp³-hybridized carbons (Fsp3) is 0.438. The number of rotatable bonds is 6. The number of ether oxygens (including phenoxy) is 1. The molecule has 5 nitrogen and oxygen atoms in total. The monoisotopic (exact) mass is 288 g/mol. The van der Waals surface area contributed by atoms with E-state index < -0.39 is 5.41 Å². The highest BCUT2D eigenvalue weighted by Crippen LogP contribution is 2.23. The molecule has 1 aromatic carbocycles. The summed E-state index contributed by atoms with van der Waals surface area (Å²) < 4.78 is 10.3. The summed E-state index contributed by atoms with van der Waals surface area (Å²) in [6, 6.07) is 10.1. The summed E-state index contributed by atoms with van der Waals surface area (Å²) in [4.78, 5) is 16.2. The molecule has 0 aliphatic carbocycles. The molecule has 2 aromatic rings. The van der Waals surface area contributed by atoms with Crippen LogP contribution >= 0.6 is 0 Å². The first-order chi connectivity index (χ1) is 10.0. The largest absolute Gasteiger partial charge is 0.465 e. The van der Waals surface area contributed by atoms with Crippen LogP contribution in [-0.2, 0) is 27.8 Å². The Balaban J connectivity index is 2.02. The number of carbonyl (C=O) groups is 1. The van der Waals surface area contributed by atoms with Gasteiger partial charge in [-0.3, -0.25) is 4.79 Å². The summed E-state index contributed by atoms with van der Waals surface area (Å²) in [6.07, 6.45) is 1.51. The lowest BCUT2D eigenvalue weighted by Gasteiger charge is -2.16. The van der Waals surface area contributed by atoms with Crippen LogP contribution in [0.1, 0.15) is 38.0 Å². The Kier molecular flexibility index (Phi) is 4.73. The van der Waals surface area contributed by atoms with Crippen molar-refractivity contribution in [1.29, 1.82) is 0 Å². The molecule has 0 atom stereocenters. The highest BCUT2D eigenvalue weighted by molar-refractivity contribution is 5.80. The van der Waals surface area contributed by atoms with E-state index >= 15 is 0 Å². The third-order valence-electron chi connectivity index (χ3n) is 3.27. The van der Waals surface area contributed by atoms with E-state index in [9.17, 15) is 4.79 Å². The summed E-state index contributed by atoms with van der Waals surface area (Å²) in [5.74, 6) is 0.540. The number of aromatic nitrogens is 2. The van der Waals surface area contributed by atoms with Crippen LogP contribution in [0.15, 0.2) is 34.9 Å². The second kappa shape index (κ2) is 6.52. The van der Waals surface area contributed by atoms with Crippen LogP contribution in [0.5, 0.6) is 0 Å². The van der Waals surface area contributed by atoms with Crippen LogP contribution in [0.25, 0.3) is 0 Å². The average Bonchev–Trinajstić information content (AvgIpc) is 2.96. The van der Waals surface area contributed by atoms with Crippen molar-refractivity contribution < 1.29 is 14.1 Å². The van der Waals surface area contributed by atoms with E-state index in [-0.39, 0.29) is 5.97 Å². The van der Waals surface area contributed by atoms with Gasteiger partial charge in [-0.1, -0.05) is 35.5 Å². The minimum absolute atomic E-state index is 0.295. The number of carbonyl (C=O) groups excluding carboxylic acids is 1. The number of nitrogens with zero attached hydrogens (tertiary/aromatic N) is 2. The normalized spacial score (nSPS) is 11.4. The topological polar surface area (TPSA) is 65.2 Å². The zero-order chi connectivity index (χ0) is 15.3. The molecule has 2 rings (SSSR count). The molecular formula is C16H20N2O3. The van der Waals surface area contributed by atoms with Crippen molar-refractivity contribution in [2.24, 2.45) is 0 Å². The number of hydrogen-bond donors (Lipinski definition) is 0. The fourth-order valence-corrected chi connectivity index (χ4v) is 1.91. The van der Waals surface area contributed by atoms with Crippen molar-refractivity contribution in [3.05, 3.63) is 47.6 Å². The van der Waals surface area contributed by atoms with Gasteiger partial charge in [-0.2, -0.15) is 4.98 Å². The number of aryl methyl sites for hydroxylation is 2. The maximum atomic E-state index is 11.9. The lowest BCUT2D eigenvalue weighted by Crippen LogP contribution is -2.31. The van der Waals surface area contributed by atoms with Crippen molar-refractivity contribution in [2.75, 3.05) is 6.61 Å². The zero-order valence-electron chi connectivity index (χ0n) is 12.6. The minimum Gasteiger partial charge on any atom is -0.465 e. The molecule has 21 heavy (non-hydrogen) atoms. The van der Waals surface area contributed by atoms with Crippen molar-refractivity contribution in [2.45, 2.75) is 39.0 Å². The highest BCUT2D eigenvalue weighted by Gasteiger charge is 2.37. The fourth-order valence-electron chi connectivity index (χ4n) is 1.91. The lowest BCUT2D eigenvalue weighted by molar-refractivity contribution is -0.149. The first kappa shape index (κ1) is 15.2. The quantitative estimate of drug-likeness (QED) is 0.765. The molecule has 1 aromatic heterocycles. The van der Waals surface area contributed by atoms with Crippen LogP contribution in [0.2, 0.25) is 0 Å². The van der Waals surface area contributed by atoms with Crippen LogP contribution in [0.4, 0.5) is 0 Å². The van der Waals surface area contributed by atoms with E-state index in [4.69, 9.17) is 9.26 Å². The summed E-state index contributed by atoms with van der Waals surface area (Å²) in [5.41, 5.74) is 0.294. The number of benzene rings is 1. The zero-order valence-corrected chi connectivity index (χ0v) is 12.6. The van der Waals surface area contributed by atoms with Gasteiger partial charge in [0.15, 0.2) is 5.82 Å². The SMILES string of the molecule is CCOC(=O)C(C)(C)c1nc(CCc2ccccc2)no1. The summed E-state index contributed by atoms with van der Waals surface area (Å²) in [5, 5.41) is 3.95. The predicted octanol–water partition coefficient (Wildman–Crippen LogP) is 2.70. The molecule has 5 heteroatoms. The van der Waals surface area contributed by atoms with E-state index in [0.29, 0.717) is 24.7 Å². The molecule has 0 radical (unpaired) electrons. The van der Waals surface area contributed by atoms with E-state index in [2.05, 4.69) is 22.3 Å². The van der Waals surface area contributed by atoms with E-state index in [1.807, 2.05) is 18.2 Å². The van der Waals surface area contributed by atoms with Gasteiger partial charge in [0.2, 0.25) is 5.89 Å². The van der Waals surface area contributed by atoms with Crippen molar-refractivity contribution >= 4 is 5.97 Å². The minimum atomic E-state index is -0.923. The van der Waals surface area contributed by atoms with Crippen molar-refractivity contribution in [3.8, 4) is 0 Å². The highest BCUT2D eigenvalue weighted by atomic mass is 16.5. The molecule has 0 aliphatic rings.